The van der Waals surface area contributed by atoms with Gasteiger partial charge in [0.05, 0.1) is 10.2 Å². The Hall–Kier alpha value is -1.97. The van der Waals surface area contributed by atoms with E-state index in [9.17, 15) is 0 Å². The lowest BCUT2D eigenvalue weighted by molar-refractivity contribution is 0.951. The third-order valence-electron chi connectivity index (χ3n) is 2.20. The molecule has 1 aromatic carbocycles. The van der Waals surface area contributed by atoms with E-state index in [4.69, 9.17) is 5.26 Å². The Labute approximate surface area is 111 Å². The molecule has 0 aliphatic heterocycles. The van der Waals surface area contributed by atoms with Crippen LogP contribution in [0.25, 0.3) is 10.2 Å². The van der Waals surface area contributed by atoms with Gasteiger partial charge in [-0.1, -0.05) is 12.1 Å². The van der Waals surface area contributed by atoms with Gasteiger partial charge in [0.25, 0.3) is 0 Å². The van der Waals surface area contributed by atoms with E-state index >= 15 is 0 Å². The molecule has 0 bridgehead atoms. The van der Waals surface area contributed by atoms with Crippen molar-refractivity contribution in [2.24, 2.45) is 0 Å². The third kappa shape index (κ3) is 2.18. The number of hydrogen-bond donors (Lipinski definition) is 0. The Morgan fingerprint density at radius 3 is 2.89 bits per heavy atom. The molecule has 0 saturated carbocycles. The van der Waals surface area contributed by atoms with Crippen molar-refractivity contribution in [1.82, 2.24) is 15.0 Å². The zero-order valence-electron chi connectivity index (χ0n) is 9.07. The van der Waals surface area contributed by atoms with E-state index in [0.717, 1.165) is 14.6 Å². The van der Waals surface area contributed by atoms with Crippen LogP contribution in [0.5, 0.6) is 0 Å². The third-order valence-corrected chi connectivity index (χ3v) is 4.18. The number of thiazole rings is 1. The Bertz CT molecular complexity index is 712. The van der Waals surface area contributed by atoms with Crippen LogP contribution in [-0.2, 0) is 0 Å². The van der Waals surface area contributed by atoms with E-state index in [1.165, 1.54) is 11.8 Å². The molecule has 4 nitrogen and oxygen atoms in total. The number of para-hydroxylation sites is 1. The minimum Gasteiger partial charge on any atom is -0.231 e. The maximum atomic E-state index is 8.78. The molecule has 0 unspecified atom stereocenters. The SMILES string of the molecule is N#Cc1ccnc(Sc2nc3ccccc3s2)n1. The van der Waals surface area contributed by atoms with Crippen LogP contribution in [0.3, 0.4) is 0 Å². The Morgan fingerprint density at radius 2 is 2.06 bits per heavy atom. The van der Waals surface area contributed by atoms with Gasteiger partial charge in [-0.15, -0.1) is 11.3 Å². The van der Waals surface area contributed by atoms with Crippen molar-refractivity contribution < 1.29 is 0 Å². The van der Waals surface area contributed by atoms with Crippen LogP contribution in [-0.4, -0.2) is 15.0 Å². The fraction of sp³-hybridized carbons (Fsp3) is 0. The lowest BCUT2D eigenvalue weighted by Crippen LogP contribution is -1.88. The van der Waals surface area contributed by atoms with Crippen molar-refractivity contribution in [3.63, 3.8) is 0 Å². The van der Waals surface area contributed by atoms with Crippen molar-refractivity contribution >= 4 is 33.3 Å². The molecule has 2 aromatic heterocycles. The molecule has 0 spiro atoms. The van der Waals surface area contributed by atoms with Crippen molar-refractivity contribution in [3.05, 3.63) is 42.2 Å². The largest absolute Gasteiger partial charge is 0.231 e. The molecule has 0 atom stereocenters. The van der Waals surface area contributed by atoms with Gasteiger partial charge in [-0.05, 0) is 30.0 Å². The Morgan fingerprint density at radius 1 is 1.17 bits per heavy atom. The fourth-order valence-electron chi connectivity index (χ4n) is 1.43. The summed E-state index contributed by atoms with van der Waals surface area (Å²) >= 11 is 2.97. The fourth-order valence-corrected chi connectivity index (χ4v) is 3.34. The minimum atomic E-state index is 0.369. The summed E-state index contributed by atoms with van der Waals surface area (Å²) in [5.74, 6) is 0. The number of benzene rings is 1. The molecule has 2 heterocycles. The highest BCUT2D eigenvalue weighted by molar-refractivity contribution is 8.01. The number of hydrogen-bond acceptors (Lipinski definition) is 6. The monoisotopic (exact) mass is 270 g/mol. The molecule has 86 valence electrons. The summed E-state index contributed by atoms with van der Waals surface area (Å²) in [5.41, 5.74) is 1.34. The van der Waals surface area contributed by atoms with Crippen LogP contribution < -0.4 is 0 Å². The summed E-state index contributed by atoms with van der Waals surface area (Å²) in [6, 6.07) is 11.5. The van der Waals surface area contributed by atoms with Gasteiger partial charge in [0.1, 0.15) is 11.8 Å². The molecule has 0 aliphatic carbocycles. The highest BCUT2D eigenvalue weighted by Gasteiger charge is 2.07. The van der Waals surface area contributed by atoms with Crippen molar-refractivity contribution in [2.45, 2.75) is 9.50 Å². The Kier molecular flexibility index (Phi) is 2.92. The van der Waals surface area contributed by atoms with E-state index in [-0.39, 0.29) is 0 Å². The quantitative estimate of drug-likeness (QED) is 0.669. The predicted molar refractivity (Wildman–Crippen MR) is 70.5 cm³/mol. The van der Waals surface area contributed by atoms with Crippen LogP contribution in [0.1, 0.15) is 5.69 Å². The molecule has 3 aromatic rings. The van der Waals surface area contributed by atoms with Crippen LogP contribution in [0.4, 0.5) is 0 Å². The van der Waals surface area contributed by atoms with Crippen LogP contribution in [0.2, 0.25) is 0 Å². The molecule has 0 saturated heterocycles. The first kappa shape index (κ1) is 11.1. The van der Waals surface area contributed by atoms with Crippen molar-refractivity contribution in [3.8, 4) is 6.07 Å². The number of fused-ring (bicyclic) bond motifs is 1. The maximum absolute atomic E-state index is 8.78. The predicted octanol–water partition coefficient (Wildman–Crippen LogP) is 3.11. The van der Waals surface area contributed by atoms with Crippen LogP contribution in [0.15, 0.2) is 46.0 Å². The number of rotatable bonds is 2. The summed E-state index contributed by atoms with van der Waals surface area (Å²) in [6.45, 7) is 0. The molecule has 0 aliphatic rings. The number of nitriles is 1. The lowest BCUT2D eigenvalue weighted by Gasteiger charge is -1.94. The van der Waals surface area contributed by atoms with Crippen molar-refractivity contribution in [2.75, 3.05) is 0 Å². The standard InChI is InChI=1S/C12H6N4S2/c13-7-8-5-6-14-11(15-8)18-12-16-9-3-1-2-4-10(9)17-12/h1-6H. The summed E-state index contributed by atoms with van der Waals surface area (Å²) in [4.78, 5) is 12.7. The second-order valence-corrected chi connectivity index (χ2v) is 5.63. The molecule has 0 radical (unpaired) electrons. The number of nitrogens with zero attached hydrogens (tertiary/aromatic N) is 4. The second-order valence-electron chi connectivity index (χ2n) is 3.39. The molecule has 0 N–H and O–H groups in total. The van der Waals surface area contributed by atoms with E-state index < -0.39 is 0 Å². The van der Waals surface area contributed by atoms with Crippen LogP contribution in [0, 0.1) is 11.3 Å². The summed E-state index contributed by atoms with van der Waals surface area (Å²) in [7, 11) is 0. The van der Waals surface area contributed by atoms with E-state index in [0.29, 0.717) is 10.9 Å². The first-order valence-corrected chi connectivity index (χ1v) is 6.75. The van der Waals surface area contributed by atoms with E-state index in [1.54, 1.807) is 23.6 Å². The van der Waals surface area contributed by atoms with Gasteiger partial charge in [-0.25, -0.2) is 15.0 Å². The lowest BCUT2D eigenvalue weighted by atomic mass is 10.3. The maximum Gasteiger partial charge on any atom is 0.195 e. The van der Waals surface area contributed by atoms with Crippen LogP contribution >= 0.6 is 23.1 Å². The van der Waals surface area contributed by atoms with Gasteiger partial charge >= 0.3 is 0 Å². The van der Waals surface area contributed by atoms with E-state index in [2.05, 4.69) is 15.0 Å². The molecule has 18 heavy (non-hydrogen) atoms. The molecule has 3 rings (SSSR count). The summed E-state index contributed by atoms with van der Waals surface area (Å²) < 4.78 is 2.02. The van der Waals surface area contributed by atoms with E-state index in [1.807, 2.05) is 30.3 Å². The first-order chi connectivity index (χ1) is 8.85. The summed E-state index contributed by atoms with van der Waals surface area (Å²) in [5, 5.41) is 9.33. The number of aromatic nitrogens is 3. The highest BCUT2D eigenvalue weighted by atomic mass is 32.2. The normalized spacial score (nSPS) is 10.4. The van der Waals surface area contributed by atoms with Gasteiger partial charge < -0.3 is 0 Å². The Balaban J connectivity index is 1.94. The topological polar surface area (TPSA) is 62.5 Å². The first-order valence-electron chi connectivity index (χ1n) is 5.12. The van der Waals surface area contributed by atoms with Gasteiger partial charge in [0.2, 0.25) is 0 Å². The average molecular weight is 270 g/mol. The smallest absolute Gasteiger partial charge is 0.195 e. The zero-order chi connectivity index (χ0) is 12.4. The molecular formula is C12H6N4S2. The summed E-state index contributed by atoms with van der Waals surface area (Å²) in [6.07, 6.45) is 1.58. The van der Waals surface area contributed by atoms with Crippen molar-refractivity contribution in [1.29, 1.82) is 5.26 Å². The van der Waals surface area contributed by atoms with Gasteiger partial charge in [0.15, 0.2) is 9.50 Å². The molecule has 6 heteroatoms. The van der Waals surface area contributed by atoms with Gasteiger partial charge in [0, 0.05) is 6.20 Å². The average Bonchev–Trinajstić information content (AvgIpc) is 2.81. The zero-order valence-corrected chi connectivity index (χ0v) is 10.7. The molecule has 0 fully saturated rings. The minimum absolute atomic E-state index is 0.369. The van der Waals surface area contributed by atoms with Gasteiger partial charge in [-0.3, -0.25) is 0 Å². The highest BCUT2D eigenvalue weighted by Crippen LogP contribution is 2.32. The molecular weight excluding hydrogens is 264 g/mol. The second kappa shape index (κ2) is 4.72. The van der Waals surface area contributed by atoms with Gasteiger partial charge in [-0.2, -0.15) is 5.26 Å². The molecule has 0 amide bonds.